The number of carbonyl (C=O) groups excluding carboxylic acids is 1. The molecule has 1 fully saturated rings. The van der Waals surface area contributed by atoms with Gasteiger partial charge in [-0.2, -0.15) is 0 Å². The lowest BCUT2D eigenvalue weighted by atomic mass is 10.1. The average Bonchev–Trinajstić information content (AvgIpc) is 2.64. The Morgan fingerprint density at radius 2 is 1.76 bits per heavy atom. The van der Waals surface area contributed by atoms with Gasteiger partial charge in [-0.3, -0.25) is 4.79 Å². The first kappa shape index (κ1) is 17.6. The van der Waals surface area contributed by atoms with E-state index < -0.39 is 6.10 Å². The number of rotatable bonds is 4. The fraction of sp³-hybridized carbons (Fsp3) is 0.350. The third-order valence-electron chi connectivity index (χ3n) is 4.51. The largest absolute Gasteiger partial charge is 0.481 e. The number of hydrogen-bond acceptors (Lipinski definition) is 3. The van der Waals surface area contributed by atoms with Crippen molar-refractivity contribution in [1.29, 1.82) is 0 Å². The van der Waals surface area contributed by atoms with Crippen LogP contribution in [0.4, 0.5) is 5.69 Å². The first-order valence-electron chi connectivity index (χ1n) is 8.56. The Labute approximate surface area is 154 Å². The molecule has 1 saturated heterocycles. The maximum atomic E-state index is 12.6. The van der Waals surface area contributed by atoms with E-state index in [4.69, 9.17) is 16.3 Å². The standard InChI is InChI=1S/C20H23ClN2O2/c1-15-8-9-17(21)14-19(15)22-10-12-23(13-11-22)20(24)16(2)25-18-6-4-3-5-7-18/h3-9,14,16H,10-13H2,1-2H3/t16-/m0/s1. The van der Waals surface area contributed by atoms with E-state index in [2.05, 4.69) is 11.8 Å². The fourth-order valence-corrected chi connectivity index (χ4v) is 3.27. The van der Waals surface area contributed by atoms with Crippen LogP contribution in [0.25, 0.3) is 0 Å². The number of carbonyl (C=O) groups is 1. The van der Waals surface area contributed by atoms with Crippen LogP contribution in [0.1, 0.15) is 12.5 Å². The third kappa shape index (κ3) is 4.26. The van der Waals surface area contributed by atoms with Crippen molar-refractivity contribution in [2.75, 3.05) is 31.1 Å². The van der Waals surface area contributed by atoms with Gasteiger partial charge in [-0.15, -0.1) is 0 Å². The number of anilines is 1. The highest BCUT2D eigenvalue weighted by Crippen LogP contribution is 2.25. The summed E-state index contributed by atoms with van der Waals surface area (Å²) in [5.74, 6) is 0.753. The van der Waals surface area contributed by atoms with Crippen molar-refractivity contribution in [1.82, 2.24) is 4.90 Å². The summed E-state index contributed by atoms with van der Waals surface area (Å²) in [5.41, 5.74) is 2.35. The number of piperazine rings is 1. The molecule has 1 amide bonds. The molecule has 25 heavy (non-hydrogen) atoms. The molecule has 0 aliphatic carbocycles. The van der Waals surface area contributed by atoms with Crippen LogP contribution >= 0.6 is 11.6 Å². The molecule has 0 unspecified atom stereocenters. The number of ether oxygens (including phenoxy) is 1. The topological polar surface area (TPSA) is 32.8 Å². The van der Waals surface area contributed by atoms with Crippen LogP contribution in [0.5, 0.6) is 5.75 Å². The summed E-state index contributed by atoms with van der Waals surface area (Å²) in [5, 5.41) is 0.740. The molecule has 1 aliphatic heterocycles. The van der Waals surface area contributed by atoms with Crippen LogP contribution in [0, 0.1) is 6.92 Å². The van der Waals surface area contributed by atoms with E-state index in [1.807, 2.05) is 60.4 Å². The lowest BCUT2D eigenvalue weighted by Crippen LogP contribution is -2.52. The Balaban J connectivity index is 1.58. The molecule has 1 atom stereocenters. The highest BCUT2D eigenvalue weighted by atomic mass is 35.5. The minimum atomic E-state index is -0.484. The Bertz CT molecular complexity index is 728. The normalized spacial score (nSPS) is 15.8. The molecule has 132 valence electrons. The molecule has 0 radical (unpaired) electrons. The van der Waals surface area contributed by atoms with E-state index in [1.54, 1.807) is 0 Å². The highest BCUT2D eigenvalue weighted by molar-refractivity contribution is 6.30. The van der Waals surface area contributed by atoms with Gasteiger partial charge in [-0.05, 0) is 43.7 Å². The summed E-state index contributed by atoms with van der Waals surface area (Å²) in [4.78, 5) is 16.8. The molecule has 2 aromatic rings. The van der Waals surface area contributed by atoms with E-state index in [9.17, 15) is 4.79 Å². The van der Waals surface area contributed by atoms with Gasteiger partial charge in [0.1, 0.15) is 5.75 Å². The van der Waals surface area contributed by atoms with Crippen molar-refractivity contribution in [3.8, 4) is 5.75 Å². The quantitative estimate of drug-likeness (QED) is 0.834. The number of nitrogens with zero attached hydrogens (tertiary/aromatic N) is 2. The van der Waals surface area contributed by atoms with Crippen molar-refractivity contribution >= 4 is 23.2 Å². The summed E-state index contributed by atoms with van der Waals surface area (Å²) in [6, 6.07) is 15.4. The van der Waals surface area contributed by atoms with Crippen molar-refractivity contribution in [3.63, 3.8) is 0 Å². The first-order chi connectivity index (χ1) is 12.0. The van der Waals surface area contributed by atoms with E-state index in [1.165, 1.54) is 5.56 Å². The predicted octanol–water partition coefficient (Wildman–Crippen LogP) is 3.76. The second-order valence-electron chi connectivity index (χ2n) is 6.32. The van der Waals surface area contributed by atoms with Crippen LogP contribution in [-0.2, 0) is 4.79 Å². The van der Waals surface area contributed by atoms with Gasteiger partial charge in [0.25, 0.3) is 5.91 Å². The molecule has 1 heterocycles. The second kappa shape index (κ2) is 7.79. The zero-order valence-corrected chi connectivity index (χ0v) is 15.4. The lowest BCUT2D eigenvalue weighted by Gasteiger charge is -2.37. The van der Waals surface area contributed by atoms with Gasteiger partial charge in [-0.25, -0.2) is 0 Å². The summed E-state index contributed by atoms with van der Waals surface area (Å²) in [6.45, 7) is 6.86. The molecule has 0 saturated carbocycles. The molecular weight excluding hydrogens is 336 g/mol. The molecule has 3 rings (SSSR count). The SMILES string of the molecule is Cc1ccc(Cl)cc1N1CCN(C(=O)[C@H](C)Oc2ccccc2)CC1. The van der Waals surface area contributed by atoms with Gasteiger partial charge in [-0.1, -0.05) is 35.9 Å². The van der Waals surface area contributed by atoms with Crippen molar-refractivity contribution in [2.45, 2.75) is 20.0 Å². The fourth-order valence-electron chi connectivity index (χ4n) is 3.10. The van der Waals surface area contributed by atoms with Gasteiger partial charge in [0.15, 0.2) is 6.10 Å². The number of aryl methyl sites for hydroxylation is 1. The summed E-state index contributed by atoms with van der Waals surface area (Å²) < 4.78 is 5.75. The molecule has 0 spiro atoms. The Morgan fingerprint density at radius 1 is 1.08 bits per heavy atom. The van der Waals surface area contributed by atoms with Gasteiger partial charge in [0.05, 0.1) is 0 Å². The maximum absolute atomic E-state index is 12.6. The molecule has 1 aliphatic rings. The lowest BCUT2D eigenvalue weighted by molar-refractivity contribution is -0.138. The molecular formula is C20H23ClN2O2. The summed E-state index contributed by atoms with van der Waals surface area (Å²) in [6.07, 6.45) is -0.484. The zero-order valence-electron chi connectivity index (χ0n) is 14.6. The minimum absolute atomic E-state index is 0.0336. The molecule has 0 bridgehead atoms. The number of amides is 1. The zero-order chi connectivity index (χ0) is 17.8. The Kier molecular flexibility index (Phi) is 5.49. The van der Waals surface area contributed by atoms with Gasteiger partial charge in [0.2, 0.25) is 0 Å². The van der Waals surface area contributed by atoms with E-state index in [0.717, 1.165) is 29.5 Å². The van der Waals surface area contributed by atoms with Crippen LogP contribution < -0.4 is 9.64 Å². The Hall–Kier alpha value is -2.20. The van der Waals surface area contributed by atoms with Crippen molar-refractivity contribution in [3.05, 3.63) is 59.1 Å². The monoisotopic (exact) mass is 358 g/mol. The molecule has 0 N–H and O–H groups in total. The van der Waals surface area contributed by atoms with Gasteiger partial charge in [0, 0.05) is 36.9 Å². The molecule has 0 aromatic heterocycles. The van der Waals surface area contributed by atoms with E-state index >= 15 is 0 Å². The summed E-state index contributed by atoms with van der Waals surface area (Å²) >= 11 is 6.13. The van der Waals surface area contributed by atoms with Crippen molar-refractivity contribution < 1.29 is 9.53 Å². The highest BCUT2D eigenvalue weighted by Gasteiger charge is 2.26. The smallest absolute Gasteiger partial charge is 0.263 e. The number of halogens is 1. The average molecular weight is 359 g/mol. The predicted molar refractivity (Wildman–Crippen MR) is 102 cm³/mol. The molecule has 4 nitrogen and oxygen atoms in total. The third-order valence-corrected chi connectivity index (χ3v) is 4.74. The summed E-state index contributed by atoms with van der Waals surface area (Å²) in [7, 11) is 0. The Morgan fingerprint density at radius 3 is 2.44 bits per heavy atom. The number of benzene rings is 2. The first-order valence-corrected chi connectivity index (χ1v) is 8.94. The number of hydrogen-bond donors (Lipinski definition) is 0. The molecule has 5 heteroatoms. The second-order valence-corrected chi connectivity index (χ2v) is 6.75. The van der Waals surface area contributed by atoms with Crippen molar-refractivity contribution in [2.24, 2.45) is 0 Å². The van der Waals surface area contributed by atoms with Crippen LogP contribution in [0.3, 0.4) is 0 Å². The van der Waals surface area contributed by atoms with E-state index in [0.29, 0.717) is 13.1 Å². The number of para-hydroxylation sites is 1. The van der Waals surface area contributed by atoms with Crippen LogP contribution in [0.2, 0.25) is 5.02 Å². The van der Waals surface area contributed by atoms with E-state index in [-0.39, 0.29) is 5.91 Å². The van der Waals surface area contributed by atoms with Crippen LogP contribution in [-0.4, -0.2) is 43.1 Å². The van der Waals surface area contributed by atoms with Gasteiger partial charge >= 0.3 is 0 Å². The van der Waals surface area contributed by atoms with Gasteiger partial charge < -0.3 is 14.5 Å². The molecule has 2 aromatic carbocycles. The maximum Gasteiger partial charge on any atom is 0.263 e. The minimum Gasteiger partial charge on any atom is -0.481 e. The van der Waals surface area contributed by atoms with Crippen LogP contribution in [0.15, 0.2) is 48.5 Å².